The Labute approximate surface area is 161 Å². The lowest BCUT2D eigenvalue weighted by atomic mass is 9.91. The fourth-order valence-corrected chi connectivity index (χ4v) is 3.55. The van der Waals surface area contributed by atoms with Gasteiger partial charge in [-0.15, -0.1) is 0 Å². The van der Waals surface area contributed by atoms with E-state index in [1.165, 1.54) is 0 Å². The van der Waals surface area contributed by atoms with Crippen LogP contribution >= 0.6 is 0 Å². The second-order valence-electron chi connectivity index (χ2n) is 7.04. The third kappa shape index (κ3) is 3.85. The second kappa shape index (κ2) is 7.75. The van der Waals surface area contributed by atoms with Gasteiger partial charge in [-0.25, -0.2) is 4.68 Å². The predicted octanol–water partition coefficient (Wildman–Crippen LogP) is 2.52. The number of carbonyl (C=O) groups is 1. The van der Waals surface area contributed by atoms with Crippen molar-refractivity contribution in [2.45, 2.75) is 44.7 Å². The average Bonchev–Trinajstić information content (AvgIpc) is 3.16. The van der Waals surface area contributed by atoms with Crippen molar-refractivity contribution < 1.29 is 9.32 Å². The predicted molar refractivity (Wildman–Crippen MR) is 102 cm³/mol. The Balaban J connectivity index is 1.42. The van der Waals surface area contributed by atoms with Crippen molar-refractivity contribution in [3.05, 3.63) is 64.5 Å². The fourth-order valence-electron chi connectivity index (χ4n) is 3.55. The van der Waals surface area contributed by atoms with Crippen LogP contribution < -0.4 is 10.9 Å². The van der Waals surface area contributed by atoms with Crippen LogP contribution in [-0.4, -0.2) is 31.9 Å². The number of pyridine rings is 1. The van der Waals surface area contributed by atoms with Gasteiger partial charge in [-0.2, -0.15) is 5.10 Å². The topological polar surface area (TPSA) is 103 Å². The molecular formula is C20H21N5O3. The molecule has 0 bridgehead atoms. The van der Waals surface area contributed by atoms with Crippen LogP contribution in [0.1, 0.15) is 48.0 Å². The second-order valence-corrected chi connectivity index (χ2v) is 7.04. The summed E-state index contributed by atoms with van der Waals surface area (Å²) in [6, 6.07) is 8.73. The maximum Gasteiger partial charge on any atom is 0.273 e. The Bertz CT molecular complexity index is 1020. The van der Waals surface area contributed by atoms with Crippen LogP contribution in [0.3, 0.4) is 0 Å². The first-order valence-corrected chi connectivity index (χ1v) is 9.34. The molecule has 0 saturated heterocycles. The summed E-state index contributed by atoms with van der Waals surface area (Å²) in [5.74, 6) is 0.377. The van der Waals surface area contributed by atoms with Crippen LogP contribution in [0.4, 0.5) is 0 Å². The van der Waals surface area contributed by atoms with E-state index in [9.17, 15) is 9.59 Å². The molecule has 1 saturated carbocycles. The molecule has 8 heteroatoms. The van der Waals surface area contributed by atoms with Gasteiger partial charge in [0.15, 0.2) is 5.69 Å². The summed E-state index contributed by atoms with van der Waals surface area (Å²) < 4.78 is 6.52. The Hall–Kier alpha value is -3.29. The Kier molecular flexibility index (Phi) is 5.01. The van der Waals surface area contributed by atoms with Gasteiger partial charge in [-0.1, -0.05) is 5.16 Å². The highest BCUT2D eigenvalue weighted by atomic mass is 16.5. The molecule has 0 atom stereocenters. The number of amides is 1. The smallest absolute Gasteiger partial charge is 0.273 e. The third-order valence-corrected chi connectivity index (χ3v) is 5.02. The van der Waals surface area contributed by atoms with Crippen molar-refractivity contribution in [3.63, 3.8) is 0 Å². The minimum Gasteiger partial charge on any atom is -0.361 e. The van der Waals surface area contributed by atoms with Gasteiger partial charge in [0.25, 0.3) is 11.5 Å². The third-order valence-electron chi connectivity index (χ3n) is 5.02. The maximum absolute atomic E-state index is 12.3. The molecular weight excluding hydrogens is 358 g/mol. The Morgan fingerprint density at radius 2 is 2.04 bits per heavy atom. The largest absolute Gasteiger partial charge is 0.361 e. The minimum absolute atomic E-state index is 0.0200. The number of hydrogen-bond acceptors (Lipinski definition) is 6. The summed E-state index contributed by atoms with van der Waals surface area (Å²) in [5.41, 5.74) is 1.78. The van der Waals surface area contributed by atoms with Crippen molar-refractivity contribution in [3.8, 4) is 11.3 Å². The number of hydrogen-bond donors (Lipinski definition) is 1. The SMILES string of the molecule is Cc1cc(C(=O)NC2CCC(n3nc(-c4cccnc4)ccc3=O)CC2)no1. The number of nitrogens with one attached hydrogen (secondary N) is 1. The zero-order valence-corrected chi connectivity index (χ0v) is 15.5. The van der Waals surface area contributed by atoms with E-state index in [2.05, 4.69) is 20.6 Å². The highest BCUT2D eigenvalue weighted by Gasteiger charge is 2.26. The quantitative estimate of drug-likeness (QED) is 0.747. The van der Waals surface area contributed by atoms with E-state index in [0.29, 0.717) is 11.5 Å². The molecule has 28 heavy (non-hydrogen) atoms. The molecule has 1 aliphatic carbocycles. The lowest BCUT2D eigenvalue weighted by Crippen LogP contribution is -2.39. The number of carbonyl (C=O) groups excluding carboxylic acids is 1. The van der Waals surface area contributed by atoms with Gasteiger partial charge in [-0.05, 0) is 50.8 Å². The molecule has 0 radical (unpaired) electrons. The number of aromatic nitrogens is 4. The van der Waals surface area contributed by atoms with Gasteiger partial charge in [0.05, 0.1) is 11.7 Å². The summed E-state index contributed by atoms with van der Waals surface area (Å²) in [4.78, 5) is 28.7. The lowest BCUT2D eigenvalue weighted by Gasteiger charge is -2.29. The minimum atomic E-state index is -0.228. The monoisotopic (exact) mass is 379 g/mol. The zero-order valence-electron chi connectivity index (χ0n) is 15.5. The van der Waals surface area contributed by atoms with Gasteiger partial charge in [0.2, 0.25) is 0 Å². The van der Waals surface area contributed by atoms with Crippen molar-refractivity contribution in [2.24, 2.45) is 0 Å². The molecule has 1 fully saturated rings. The highest BCUT2D eigenvalue weighted by molar-refractivity contribution is 5.92. The molecule has 1 aliphatic rings. The summed E-state index contributed by atoms with van der Waals surface area (Å²) in [6.45, 7) is 1.75. The lowest BCUT2D eigenvalue weighted by molar-refractivity contribution is 0.0912. The molecule has 4 rings (SSSR count). The van der Waals surface area contributed by atoms with Crippen LogP contribution in [0, 0.1) is 6.92 Å². The summed E-state index contributed by atoms with van der Waals surface area (Å²) in [7, 11) is 0. The normalized spacial score (nSPS) is 19.3. The molecule has 144 valence electrons. The van der Waals surface area contributed by atoms with Crippen LogP contribution in [0.15, 0.2) is 52.0 Å². The van der Waals surface area contributed by atoms with Crippen LogP contribution in [0.2, 0.25) is 0 Å². The van der Waals surface area contributed by atoms with Crippen molar-refractivity contribution in [1.82, 2.24) is 25.2 Å². The molecule has 3 aromatic rings. The van der Waals surface area contributed by atoms with E-state index in [-0.39, 0.29) is 23.6 Å². The fraction of sp³-hybridized carbons (Fsp3) is 0.350. The Morgan fingerprint density at radius 1 is 1.21 bits per heavy atom. The number of aryl methyl sites for hydroxylation is 1. The van der Waals surface area contributed by atoms with Gasteiger partial charge < -0.3 is 9.84 Å². The maximum atomic E-state index is 12.3. The van der Waals surface area contributed by atoms with Gasteiger partial charge >= 0.3 is 0 Å². The first kappa shape index (κ1) is 18.1. The standard InChI is InChI=1S/C20H21N5O3/c1-13-11-18(24-28-13)20(27)22-15-4-6-16(7-5-15)25-19(26)9-8-17(23-25)14-3-2-10-21-12-14/h2-3,8-12,15-16H,4-7H2,1H3,(H,22,27). The molecule has 0 spiro atoms. The highest BCUT2D eigenvalue weighted by Crippen LogP contribution is 2.27. The summed E-state index contributed by atoms with van der Waals surface area (Å²) >= 11 is 0. The number of nitrogens with zero attached hydrogens (tertiary/aromatic N) is 4. The first-order valence-electron chi connectivity index (χ1n) is 9.34. The molecule has 1 N–H and O–H groups in total. The molecule has 0 aromatic carbocycles. The zero-order chi connectivity index (χ0) is 19.5. The van der Waals surface area contributed by atoms with Gasteiger partial charge in [-0.3, -0.25) is 14.6 Å². The molecule has 0 aliphatic heterocycles. The molecule has 8 nitrogen and oxygen atoms in total. The van der Waals surface area contributed by atoms with Crippen LogP contribution in [0.5, 0.6) is 0 Å². The van der Waals surface area contributed by atoms with E-state index in [1.54, 1.807) is 42.2 Å². The van der Waals surface area contributed by atoms with E-state index in [1.807, 2.05) is 12.1 Å². The van der Waals surface area contributed by atoms with E-state index < -0.39 is 0 Å². The van der Waals surface area contributed by atoms with E-state index in [0.717, 1.165) is 36.9 Å². The van der Waals surface area contributed by atoms with Crippen molar-refractivity contribution >= 4 is 5.91 Å². The van der Waals surface area contributed by atoms with E-state index in [4.69, 9.17) is 4.52 Å². The van der Waals surface area contributed by atoms with Crippen LogP contribution in [0.25, 0.3) is 11.3 Å². The summed E-state index contributed by atoms with van der Waals surface area (Å²) in [6.07, 6.45) is 6.53. The van der Waals surface area contributed by atoms with Gasteiger partial charge in [0.1, 0.15) is 5.76 Å². The first-order chi connectivity index (χ1) is 13.6. The van der Waals surface area contributed by atoms with Crippen molar-refractivity contribution in [2.75, 3.05) is 0 Å². The van der Waals surface area contributed by atoms with Gasteiger partial charge in [0, 0.05) is 36.1 Å². The Morgan fingerprint density at radius 3 is 2.71 bits per heavy atom. The molecule has 0 unspecified atom stereocenters. The molecule has 3 aromatic heterocycles. The number of rotatable bonds is 4. The molecule has 1 amide bonds. The van der Waals surface area contributed by atoms with Crippen molar-refractivity contribution in [1.29, 1.82) is 0 Å². The summed E-state index contributed by atoms with van der Waals surface area (Å²) in [5, 5.41) is 11.3. The average molecular weight is 379 g/mol. The van der Waals surface area contributed by atoms with Crippen LogP contribution in [-0.2, 0) is 0 Å². The van der Waals surface area contributed by atoms with E-state index >= 15 is 0 Å². The molecule has 3 heterocycles.